The number of carboxylic acids is 1. The molecule has 0 aromatic heterocycles. The third-order valence-electron chi connectivity index (χ3n) is 0.701. The first-order valence-corrected chi connectivity index (χ1v) is 3.41. The second-order valence-electron chi connectivity index (χ2n) is 2.14. The van der Waals surface area contributed by atoms with Gasteiger partial charge in [0, 0.05) is 11.1 Å². The van der Waals surface area contributed by atoms with E-state index in [9.17, 15) is 9.59 Å². The van der Waals surface area contributed by atoms with Crippen molar-refractivity contribution in [1.29, 1.82) is 0 Å². The molecule has 0 saturated heterocycles. The van der Waals surface area contributed by atoms with Crippen LogP contribution in [0.2, 0.25) is 0 Å². The molecule has 68 valence electrons. The molecule has 0 fully saturated rings. The van der Waals surface area contributed by atoms with Gasteiger partial charge < -0.3 is 5.11 Å². The van der Waals surface area contributed by atoms with Gasteiger partial charge in [0.2, 0.25) is 5.24 Å². The summed E-state index contributed by atoms with van der Waals surface area (Å²) in [5, 5.41) is 7.43. The summed E-state index contributed by atoms with van der Waals surface area (Å²) in [5.41, 5.74) is 0.562. The summed E-state index contributed by atoms with van der Waals surface area (Å²) in [6.07, 6.45) is 0. The van der Waals surface area contributed by atoms with Gasteiger partial charge in [-0.1, -0.05) is 13.2 Å². The monoisotopic (exact) mass is 190 g/mol. The summed E-state index contributed by atoms with van der Waals surface area (Å²) in [6.45, 7) is 9.44. The first kappa shape index (κ1) is 13.5. The molecule has 0 aliphatic rings. The van der Waals surface area contributed by atoms with Crippen LogP contribution in [0.4, 0.5) is 0 Å². The van der Waals surface area contributed by atoms with Crippen molar-refractivity contribution in [3.63, 3.8) is 0 Å². The van der Waals surface area contributed by atoms with Gasteiger partial charge in [-0.15, -0.1) is 0 Å². The molecule has 12 heavy (non-hydrogen) atoms. The number of rotatable bonds is 2. The first-order valence-electron chi connectivity index (χ1n) is 3.03. The van der Waals surface area contributed by atoms with Gasteiger partial charge in [0.1, 0.15) is 0 Å². The molecule has 0 radical (unpaired) electrons. The normalized spacial score (nSPS) is 7.58. The maximum Gasteiger partial charge on any atom is 0.330 e. The number of hydrogen-bond donors (Lipinski definition) is 1. The highest BCUT2D eigenvalue weighted by Crippen LogP contribution is 1.91. The zero-order valence-electron chi connectivity index (χ0n) is 7.06. The van der Waals surface area contributed by atoms with E-state index in [1.54, 1.807) is 6.92 Å². The number of carbonyl (C=O) groups excluding carboxylic acids is 1. The SMILES string of the molecule is C=C(C)C(=O)Cl.C=C(C)C(=O)O. The smallest absolute Gasteiger partial charge is 0.330 e. The van der Waals surface area contributed by atoms with Crippen LogP contribution < -0.4 is 0 Å². The van der Waals surface area contributed by atoms with E-state index >= 15 is 0 Å². The highest BCUT2D eigenvalue weighted by molar-refractivity contribution is 6.67. The van der Waals surface area contributed by atoms with E-state index in [1.807, 2.05) is 0 Å². The van der Waals surface area contributed by atoms with Crippen molar-refractivity contribution in [2.45, 2.75) is 13.8 Å². The molecule has 0 atom stereocenters. The van der Waals surface area contributed by atoms with Gasteiger partial charge in [0.15, 0.2) is 0 Å². The van der Waals surface area contributed by atoms with Crippen molar-refractivity contribution in [2.75, 3.05) is 0 Å². The molecule has 4 heteroatoms. The maximum absolute atomic E-state index is 9.81. The number of hydrogen-bond acceptors (Lipinski definition) is 2. The molecule has 0 spiro atoms. The van der Waals surface area contributed by atoms with Gasteiger partial charge in [0.05, 0.1) is 0 Å². The van der Waals surface area contributed by atoms with E-state index < -0.39 is 11.2 Å². The van der Waals surface area contributed by atoms with Crippen molar-refractivity contribution in [2.24, 2.45) is 0 Å². The minimum absolute atomic E-state index is 0.176. The fraction of sp³-hybridized carbons (Fsp3) is 0.250. The number of halogens is 1. The highest BCUT2D eigenvalue weighted by Gasteiger charge is 1.90. The Balaban J connectivity index is 0. The number of aliphatic carboxylic acids is 1. The molecule has 0 amide bonds. The molecular formula is C8H11ClO3. The van der Waals surface area contributed by atoms with Crippen LogP contribution in [-0.2, 0) is 9.59 Å². The van der Waals surface area contributed by atoms with Gasteiger partial charge in [-0.2, -0.15) is 0 Å². The lowest BCUT2D eigenvalue weighted by Gasteiger charge is -1.79. The quantitative estimate of drug-likeness (QED) is 0.535. The summed E-state index contributed by atoms with van der Waals surface area (Å²) in [5.74, 6) is -0.935. The third kappa shape index (κ3) is 11.7. The van der Waals surface area contributed by atoms with Gasteiger partial charge >= 0.3 is 5.97 Å². The Morgan fingerprint density at radius 1 is 1.17 bits per heavy atom. The Kier molecular flexibility index (Phi) is 7.43. The molecule has 0 bridgehead atoms. The Morgan fingerprint density at radius 2 is 1.33 bits per heavy atom. The lowest BCUT2D eigenvalue weighted by Crippen LogP contribution is -1.92. The van der Waals surface area contributed by atoms with Crippen LogP contribution in [0.5, 0.6) is 0 Å². The maximum atomic E-state index is 9.81. The molecule has 0 aromatic rings. The molecule has 0 heterocycles. The van der Waals surface area contributed by atoms with Gasteiger partial charge in [-0.05, 0) is 25.4 Å². The first-order chi connectivity index (χ1) is 5.29. The summed E-state index contributed by atoms with van der Waals surface area (Å²) in [7, 11) is 0. The Bertz CT molecular complexity index is 170. The molecule has 0 unspecified atom stereocenters. The predicted octanol–water partition coefficient (Wildman–Crippen LogP) is 1.97. The van der Waals surface area contributed by atoms with Crippen molar-refractivity contribution in [3.8, 4) is 0 Å². The van der Waals surface area contributed by atoms with Gasteiger partial charge in [0.25, 0.3) is 0 Å². The van der Waals surface area contributed by atoms with Crippen LogP contribution >= 0.6 is 11.6 Å². The van der Waals surface area contributed by atoms with Crippen LogP contribution in [0.3, 0.4) is 0 Å². The standard InChI is InChI=1S/C4H5ClO.C4H6O2/c2*1-3(2)4(5)6/h1H2,2H3;1H2,2H3,(H,5,6). The van der Waals surface area contributed by atoms with Crippen LogP contribution in [0.25, 0.3) is 0 Å². The van der Waals surface area contributed by atoms with E-state index in [0.717, 1.165) is 0 Å². The topological polar surface area (TPSA) is 54.4 Å². The van der Waals surface area contributed by atoms with E-state index in [2.05, 4.69) is 13.2 Å². The molecular weight excluding hydrogens is 180 g/mol. The lowest BCUT2D eigenvalue weighted by atomic mass is 10.4. The zero-order chi connectivity index (χ0) is 10.3. The highest BCUT2D eigenvalue weighted by atomic mass is 35.5. The minimum Gasteiger partial charge on any atom is -0.478 e. The fourth-order valence-electron chi connectivity index (χ4n) is 0. The van der Waals surface area contributed by atoms with E-state index in [4.69, 9.17) is 16.7 Å². The molecule has 0 aliphatic carbocycles. The van der Waals surface area contributed by atoms with E-state index in [1.165, 1.54) is 6.92 Å². The zero-order valence-corrected chi connectivity index (χ0v) is 7.81. The summed E-state index contributed by atoms with van der Waals surface area (Å²) >= 11 is 4.87. The Morgan fingerprint density at radius 3 is 1.33 bits per heavy atom. The van der Waals surface area contributed by atoms with Gasteiger partial charge in [-0.3, -0.25) is 4.79 Å². The number of carbonyl (C=O) groups is 2. The molecule has 0 saturated carbocycles. The molecule has 0 rings (SSSR count). The van der Waals surface area contributed by atoms with Gasteiger partial charge in [-0.25, -0.2) is 4.79 Å². The van der Waals surface area contributed by atoms with E-state index in [0.29, 0.717) is 5.57 Å². The van der Waals surface area contributed by atoms with Crippen LogP contribution in [0.1, 0.15) is 13.8 Å². The predicted molar refractivity (Wildman–Crippen MR) is 48.1 cm³/mol. The average molecular weight is 191 g/mol. The minimum atomic E-state index is -0.935. The summed E-state index contributed by atoms with van der Waals surface area (Å²) < 4.78 is 0. The molecule has 3 nitrogen and oxygen atoms in total. The molecule has 1 N–H and O–H groups in total. The number of allylic oxidation sites excluding steroid dienone is 1. The lowest BCUT2D eigenvalue weighted by molar-refractivity contribution is -0.132. The Hall–Kier alpha value is -1.09. The van der Waals surface area contributed by atoms with Crippen LogP contribution in [0, 0.1) is 0 Å². The average Bonchev–Trinajstić information content (AvgIpc) is 1.88. The summed E-state index contributed by atoms with van der Waals surface area (Å²) in [6, 6.07) is 0. The van der Waals surface area contributed by atoms with E-state index in [-0.39, 0.29) is 5.57 Å². The second kappa shape index (κ2) is 6.61. The molecule has 0 aromatic carbocycles. The Labute approximate surface area is 76.3 Å². The number of carboxylic acid groups (broad SMARTS) is 1. The third-order valence-corrected chi connectivity index (χ3v) is 1.02. The molecule has 0 aliphatic heterocycles. The largest absolute Gasteiger partial charge is 0.478 e. The van der Waals surface area contributed by atoms with Crippen LogP contribution in [-0.4, -0.2) is 16.3 Å². The van der Waals surface area contributed by atoms with Crippen LogP contribution in [0.15, 0.2) is 24.3 Å². The second-order valence-corrected chi connectivity index (χ2v) is 2.48. The van der Waals surface area contributed by atoms with Crippen molar-refractivity contribution < 1.29 is 14.7 Å². The van der Waals surface area contributed by atoms with Crippen molar-refractivity contribution >= 4 is 22.8 Å². The van der Waals surface area contributed by atoms with Crippen molar-refractivity contribution in [3.05, 3.63) is 24.3 Å². The fourth-order valence-corrected chi connectivity index (χ4v) is 0. The summed E-state index contributed by atoms with van der Waals surface area (Å²) in [4.78, 5) is 19.4. The van der Waals surface area contributed by atoms with Crippen molar-refractivity contribution in [1.82, 2.24) is 0 Å².